The number of nitro benzene ring substituents is 1. The lowest BCUT2D eigenvalue weighted by Gasteiger charge is -2.13. The number of ether oxygens (including phenoxy) is 2. The number of halogens is 2. The highest BCUT2D eigenvalue weighted by Gasteiger charge is 2.16. The third-order valence-electron chi connectivity index (χ3n) is 3.43. The van der Waals surface area contributed by atoms with Gasteiger partial charge in [0.05, 0.1) is 27.8 Å². The van der Waals surface area contributed by atoms with Gasteiger partial charge in [0.1, 0.15) is 12.4 Å². The fourth-order valence-electron chi connectivity index (χ4n) is 2.17. The SMILES string of the molecule is CCCOCCOc1ccc(Cl)cc1C(=O)Nc1ccc([N+](=O)[O-])cc1Cl. The number of nitro groups is 1. The number of amides is 1. The minimum Gasteiger partial charge on any atom is -0.490 e. The number of hydrogen-bond acceptors (Lipinski definition) is 5. The van der Waals surface area contributed by atoms with Crippen LogP contribution in [0.15, 0.2) is 36.4 Å². The standard InChI is InChI=1S/C18H18Cl2N2O5/c1-2-7-26-8-9-27-17-6-3-12(19)10-14(17)18(23)21-16-5-4-13(22(24)25)11-15(16)20/h3-6,10-11H,2,7-9H2,1H3,(H,21,23). The average Bonchev–Trinajstić information content (AvgIpc) is 2.64. The van der Waals surface area contributed by atoms with E-state index >= 15 is 0 Å². The molecule has 0 aliphatic rings. The molecule has 0 bridgehead atoms. The summed E-state index contributed by atoms with van der Waals surface area (Å²) < 4.78 is 11.0. The zero-order chi connectivity index (χ0) is 19.8. The van der Waals surface area contributed by atoms with E-state index in [4.69, 9.17) is 32.7 Å². The zero-order valence-electron chi connectivity index (χ0n) is 14.5. The summed E-state index contributed by atoms with van der Waals surface area (Å²) in [7, 11) is 0. The van der Waals surface area contributed by atoms with Crippen LogP contribution in [-0.2, 0) is 4.74 Å². The maximum Gasteiger partial charge on any atom is 0.271 e. The van der Waals surface area contributed by atoms with Crippen LogP contribution >= 0.6 is 23.2 Å². The predicted octanol–water partition coefficient (Wildman–Crippen LogP) is 4.96. The third-order valence-corrected chi connectivity index (χ3v) is 3.98. The molecule has 9 heteroatoms. The molecule has 0 atom stereocenters. The molecule has 0 radical (unpaired) electrons. The van der Waals surface area contributed by atoms with Gasteiger partial charge < -0.3 is 14.8 Å². The summed E-state index contributed by atoms with van der Waals surface area (Å²) in [5, 5.41) is 13.8. The van der Waals surface area contributed by atoms with E-state index in [-0.39, 0.29) is 28.6 Å². The molecular weight excluding hydrogens is 395 g/mol. The van der Waals surface area contributed by atoms with Gasteiger partial charge in [0.15, 0.2) is 0 Å². The smallest absolute Gasteiger partial charge is 0.271 e. The topological polar surface area (TPSA) is 90.7 Å². The lowest BCUT2D eigenvalue weighted by atomic mass is 10.1. The highest BCUT2D eigenvalue weighted by atomic mass is 35.5. The Kier molecular flexibility index (Phi) is 7.84. The molecule has 0 heterocycles. The Balaban J connectivity index is 2.13. The van der Waals surface area contributed by atoms with Gasteiger partial charge in [-0.15, -0.1) is 0 Å². The molecule has 0 aliphatic heterocycles. The summed E-state index contributed by atoms with van der Waals surface area (Å²) >= 11 is 12.0. The van der Waals surface area contributed by atoms with E-state index in [1.165, 1.54) is 18.2 Å². The molecule has 0 aromatic heterocycles. The molecule has 2 rings (SSSR count). The summed E-state index contributed by atoms with van der Waals surface area (Å²) in [4.78, 5) is 22.8. The van der Waals surface area contributed by atoms with Gasteiger partial charge in [0.25, 0.3) is 11.6 Å². The van der Waals surface area contributed by atoms with Crippen LogP contribution in [0, 0.1) is 10.1 Å². The van der Waals surface area contributed by atoms with Crippen LogP contribution in [0.1, 0.15) is 23.7 Å². The number of benzene rings is 2. The summed E-state index contributed by atoms with van der Waals surface area (Å²) in [5.41, 5.74) is 0.286. The second kappa shape index (κ2) is 10.1. The highest BCUT2D eigenvalue weighted by molar-refractivity contribution is 6.34. The van der Waals surface area contributed by atoms with Gasteiger partial charge in [0, 0.05) is 23.8 Å². The number of rotatable bonds is 9. The van der Waals surface area contributed by atoms with E-state index in [1.54, 1.807) is 12.1 Å². The Morgan fingerprint density at radius 3 is 2.59 bits per heavy atom. The van der Waals surface area contributed by atoms with Crippen molar-refractivity contribution in [2.75, 3.05) is 25.1 Å². The first-order chi connectivity index (χ1) is 12.9. The molecule has 0 aliphatic carbocycles. The molecule has 0 unspecified atom stereocenters. The Bertz CT molecular complexity index is 829. The Morgan fingerprint density at radius 2 is 1.93 bits per heavy atom. The number of carbonyl (C=O) groups excluding carboxylic acids is 1. The number of nitrogens with zero attached hydrogens (tertiary/aromatic N) is 1. The van der Waals surface area contributed by atoms with Gasteiger partial charge in [-0.1, -0.05) is 30.1 Å². The summed E-state index contributed by atoms with van der Waals surface area (Å²) in [6.45, 7) is 3.31. The van der Waals surface area contributed by atoms with Crippen LogP contribution < -0.4 is 10.1 Å². The van der Waals surface area contributed by atoms with Crippen molar-refractivity contribution < 1.29 is 19.2 Å². The van der Waals surface area contributed by atoms with E-state index in [2.05, 4.69) is 5.32 Å². The summed E-state index contributed by atoms with van der Waals surface area (Å²) in [5.74, 6) is -0.159. The largest absolute Gasteiger partial charge is 0.490 e. The van der Waals surface area contributed by atoms with Gasteiger partial charge in [-0.2, -0.15) is 0 Å². The van der Waals surface area contributed by atoms with Crippen molar-refractivity contribution in [3.63, 3.8) is 0 Å². The van der Waals surface area contributed by atoms with Crippen LogP contribution in [0.4, 0.5) is 11.4 Å². The molecule has 2 aromatic carbocycles. The maximum absolute atomic E-state index is 12.6. The second-order valence-corrected chi connectivity index (χ2v) is 6.32. The molecule has 0 saturated heterocycles. The van der Waals surface area contributed by atoms with Crippen LogP contribution in [0.3, 0.4) is 0 Å². The monoisotopic (exact) mass is 412 g/mol. The molecule has 144 valence electrons. The van der Waals surface area contributed by atoms with Crippen molar-refractivity contribution in [3.05, 3.63) is 62.1 Å². The molecule has 1 N–H and O–H groups in total. The Labute approximate surface area is 166 Å². The second-order valence-electron chi connectivity index (χ2n) is 5.48. The Morgan fingerprint density at radius 1 is 1.15 bits per heavy atom. The van der Waals surface area contributed by atoms with Crippen molar-refractivity contribution >= 4 is 40.5 Å². The highest BCUT2D eigenvalue weighted by Crippen LogP contribution is 2.29. The molecular formula is C18H18Cl2N2O5. The van der Waals surface area contributed by atoms with Crippen molar-refractivity contribution in [2.24, 2.45) is 0 Å². The molecule has 27 heavy (non-hydrogen) atoms. The Hall–Kier alpha value is -2.35. The number of carbonyl (C=O) groups is 1. The van der Waals surface area contributed by atoms with Crippen LogP contribution in [0.2, 0.25) is 10.0 Å². The molecule has 7 nitrogen and oxygen atoms in total. The quantitative estimate of drug-likeness (QED) is 0.357. The minimum absolute atomic E-state index is 0.0509. The van der Waals surface area contributed by atoms with Gasteiger partial charge in [-0.3, -0.25) is 14.9 Å². The molecule has 1 amide bonds. The third kappa shape index (κ3) is 6.09. The molecule has 0 saturated carbocycles. The van der Waals surface area contributed by atoms with E-state index in [9.17, 15) is 14.9 Å². The fraction of sp³-hybridized carbons (Fsp3) is 0.278. The normalized spacial score (nSPS) is 10.5. The lowest BCUT2D eigenvalue weighted by molar-refractivity contribution is -0.384. The number of non-ortho nitro benzene ring substituents is 1. The average molecular weight is 413 g/mol. The van der Waals surface area contributed by atoms with Gasteiger partial charge in [-0.25, -0.2) is 0 Å². The van der Waals surface area contributed by atoms with Crippen molar-refractivity contribution in [1.29, 1.82) is 0 Å². The van der Waals surface area contributed by atoms with E-state index in [0.717, 1.165) is 12.5 Å². The van der Waals surface area contributed by atoms with Gasteiger partial charge >= 0.3 is 0 Å². The molecule has 0 spiro atoms. The van der Waals surface area contributed by atoms with Crippen LogP contribution in [0.25, 0.3) is 0 Å². The number of hydrogen-bond donors (Lipinski definition) is 1. The lowest BCUT2D eigenvalue weighted by Crippen LogP contribution is -2.15. The van der Waals surface area contributed by atoms with E-state index in [0.29, 0.717) is 24.0 Å². The zero-order valence-corrected chi connectivity index (χ0v) is 16.0. The first-order valence-electron chi connectivity index (χ1n) is 8.17. The number of nitrogens with one attached hydrogen (secondary N) is 1. The van der Waals surface area contributed by atoms with E-state index < -0.39 is 10.8 Å². The fourth-order valence-corrected chi connectivity index (χ4v) is 2.57. The van der Waals surface area contributed by atoms with Gasteiger partial charge in [-0.05, 0) is 30.7 Å². The maximum atomic E-state index is 12.6. The van der Waals surface area contributed by atoms with E-state index in [1.807, 2.05) is 6.92 Å². The first kappa shape index (κ1) is 21.0. The van der Waals surface area contributed by atoms with Crippen molar-refractivity contribution in [1.82, 2.24) is 0 Å². The summed E-state index contributed by atoms with van der Waals surface area (Å²) in [6.07, 6.45) is 0.907. The van der Waals surface area contributed by atoms with Crippen LogP contribution in [0.5, 0.6) is 5.75 Å². The van der Waals surface area contributed by atoms with Gasteiger partial charge in [0.2, 0.25) is 0 Å². The summed E-state index contributed by atoms with van der Waals surface area (Å²) in [6, 6.07) is 8.45. The first-order valence-corrected chi connectivity index (χ1v) is 8.93. The van der Waals surface area contributed by atoms with Crippen molar-refractivity contribution in [2.45, 2.75) is 13.3 Å². The minimum atomic E-state index is -0.568. The number of anilines is 1. The predicted molar refractivity (Wildman–Crippen MR) is 104 cm³/mol. The molecule has 2 aromatic rings. The molecule has 0 fully saturated rings. The van der Waals surface area contributed by atoms with Crippen LogP contribution in [-0.4, -0.2) is 30.7 Å². The van der Waals surface area contributed by atoms with Crippen molar-refractivity contribution in [3.8, 4) is 5.75 Å².